The van der Waals surface area contributed by atoms with Crippen molar-refractivity contribution in [3.8, 4) is 0 Å². The van der Waals surface area contributed by atoms with E-state index in [0.717, 1.165) is 0 Å². The predicted molar refractivity (Wildman–Crippen MR) is 74.5 cm³/mol. The van der Waals surface area contributed by atoms with Crippen molar-refractivity contribution in [2.45, 2.75) is 56.3 Å². The zero-order chi connectivity index (χ0) is 22.1. The molecule has 1 aliphatic heterocycles. The zero-order valence-electron chi connectivity index (χ0n) is 16.4. The molecule has 0 aromatic rings. The first-order valence-electron chi connectivity index (χ1n) is 9.16. The van der Waals surface area contributed by atoms with Crippen LogP contribution in [0.3, 0.4) is 0 Å². The van der Waals surface area contributed by atoms with Gasteiger partial charge in [0.1, 0.15) is 6.10 Å². The first-order chi connectivity index (χ1) is 12.8. The Bertz CT molecular complexity index is 689. The molecule has 0 saturated carbocycles. The van der Waals surface area contributed by atoms with E-state index >= 15 is 0 Å². The summed E-state index contributed by atoms with van der Waals surface area (Å²) in [7, 11) is 0. The molecule has 0 spiro atoms. The van der Waals surface area contributed by atoms with Gasteiger partial charge >= 0.3 is 0 Å². The number of ketones is 4. The molecule has 0 amide bonds. The Morgan fingerprint density at radius 2 is 1.33 bits per heavy atom. The average molecular weight is 352 g/mol. The van der Waals surface area contributed by atoms with Crippen LogP contribution in [0.4, 0.5) is 0 Å². The first kappa shape index (κ1) is 14.8. The summed E-state index contributed by atoms with van der Waals surface area (Å²) in [6.07, 6.45) is -2.52. The van der Waals surface area contributed by atoms with Crippen molar-refractivity contribution in [2.75, 3.05) is 6.61 Å². The second kappa shape index (κ2) is 5.76. The summed E-state index contributed by atoms with van der Waals surface area (Å²) in [5, 5.41) is 52.9. The van der Waals surface area contributed by atoms with E-state index in [1.165, 1.54) is 0 Å². The highest BCUT2D eigenvalue weighted by Crippen LogP contribution is 2.50. The van der Waals surface area contributed by atoms with Crippen LogP contribution in [-0.4, -0.2) is 84.0 Å². The van der Waals surface area contributed by atoms with E-state index in [-0.39, 0.29) is 0 Å². The molecule has 10 nitrogen and oxygen atoms in total. The summed E-state index contributed by atoms with van der Waals surface area (Å²) >= 11 is 0. The lowest BCUT2D eigenvalue weighted by Crippen LogP contribution is -2.90. The fourth-order valence-electron chi connectivity index (χ4n) is 2.75. The van der Waals surface area contributed by atoms with Crippen LogP contribution in [0.15, 0.2) is 0 Å². The SMILES string of the molecule is [2H]CC(=O)C1(O)O[C@H](CO)[C@](O)(C(=O)C[2H])[C@@](O)(C(=O)C[2H])[C@@]1(O)C(=O)C[2H]. The van der Waals surface area contributed by atoms with Crippen molar-refractivity contribution in [3.63, 3.8) is 0 Å². The Hall–Kier alpha value is -1.56. The monoisotopic (exact) mass is 352 g/mol. The van der Waals surface area contributed by atoms with Gasteiger partial charge in [-0.15, -0.1) is 0 Å². The van der Waals surface area contributed by atoms with Crippen molar-refractivity contribution in [2.24, 2.45) is 0 Å². The summed E-state index contributed by atoms with van der Waals surface area (Å²) in [4.78, 5) is 49.2. The van der Waals surface area contributed by atoms with Gasteiger partial charge in [0.25, 0.3) is 5.79 Å². The third-order valence-electron chi connectivity index (χ3n) is 4.12. The minimum atomic E-state index is -4.21. The third kappa shape index (κ3) is 1.98. The molecule has 5 atom stereocenters. The summed E-state index contributed by atoms with van der Waals surface area (Å²) < 4.78 is 33.2. The van der Waals surface area contributed by atoms with Gasteiger partial charge in [-0.05, 0) is 20.7 Å². The molecule has 5 N–H and O–H groups in total. The smallest absolute Gasteiger partial charge is 0.267 e. The van der Waals surface area contributed by atoms with E-state index in [0.29, 0.717) is 0 Å². The number of carbonyl (C=O) groups is 4. The molecule has 1 saturated heterocycles. The topological polar surface area (TPSA) is 179 Å². The van der Waals surface area contributed by atoms with Gasteiger partial charge in [-0.2, -0.15) is 0 Å². The predicted octanol–water partition coefficient (Wildman–Crippen LogP) is -3.38. The van der Waals surface area contributed by atoms with Gasteiger partial charge in [-0.1, -0.05) is 0 Å². The summed E-state index contributed by atoms with van der Waals surface area (Å²) in [6, 6.07) is 0. The van der Waals surface area contributed by atoms with Gasteiger partial charge in [0, 0.05) is 12.4 Å². The maximum absolute atomic E-state index is 12.4. The first-order valence-corrected chi connectivity index (χ1v) is 6.33. The van der Waals surface area contributed by atoms with E-state index < -0.39 is 86.0 Å². The van der Waals surface area contributed by atoms with Crippen molar-refractivity contribution in [3.05, 3.63) is 0 Å². The van der Waals surface area contributed by atoms with Crippen molar-refractivity contribution < 1.29 is 54.9 Å². The maximum Gasteiger partial charge on any atom is 0.267 e. The van der Waals surface area contributed by atoms with E-state index in [9.17, 15) is 44.7 Å². The molecule has 0 radical (unpaired) electrons. The summed E-state index contributed by atoms with van der Waals surface area (Å²) in [5.41, 5.74) is -12.1. The van der Waals surface area contributed by atoms with E-state index in [1.54, 1.807) is 0 Å². The number of hydrogen-bond donors (Lipinski definition) is 5. The summed E-state index contributed by atoms with van der Waals surface area (Å²) in [6.45, 7) is -7.23. The van der Waals surface area contributed by atoms with Gasteiger partial charge in [0.05, 0.1) is 6.61 Å². The van der Waals surface area contributed by atoms with Crippen LogP contribution in [0.1, 0.15) is 33.1 Å². The highest BCUT2D eigenvalue weighted by atomic mass is 16.7. The number of aliphatic hydroxyl groups is 5. The molecule has 0 bridgehead atoms. The van der Waals surface area contributed by atoms with Gasteiger partial charge in [0.15, 0.2) is 28.7 Å². The van der Waals surface area contributed by atoms with Crippen LogP contribution in [0.2, 0.25) is 0 Å². The molecule has 10 heteroatoms. The Balaban J connectivity index is 4.15. The molecule has 0 aromatic heterocycles. The molecule has 1 unspecified atom stereocenters. The number of hydrogen-bond acceptors (Lipinski definition) is 10. The van der Waals surface area contributed by atoms with E-state index in [2.05, 4.69) is 0 Å². The van der Waals surface area contributed by atoms with Crippen LogP contribution < -0.4 is 0 Å². The molecular formula is C14H20O10. The lowest BCUT2D eigenvalue weighted by Gasteiger charge is -2.59. The molecule has 0 aromatic carbocycles. The molecule has 1 aliphatic rings. The van der Waals surface area contributed by atoms with Gasteiger partial charge in [0.2, 0.25) is 11.2 Å². The zero-order valence-corrected chi connectivity index (χ0v) is 12.4. The molecule has 24 heavy (non-hydrogen) atoms. The minimum absolute atomic E-state index is 1.38. The highest BCUT2D eigenvalue weighted by Gasteiger charge is 2.83. The molecule has 1 fully saturated rings. The normalized spacial score (nSPS) is 44.6. The third-order valence-corrected chi connectivity index (χ3v) is 4.12. The summed E-state index contributed by atoms with van der Waals surface area (Å²) in [5.74, 6) is -11.4. The fraction of sp³-hybridized carbons (Fsp3) is 0.714. The van der Waals surface area contributed by atoms with Crippen molar-refractivity contribution >= 4 is 23.1 Å². The van der Waals surface area contributed by atoms with Crippen molar-refractivity contribution in [1.82, 2.24) is 0 Å². The number of carbonyl (C=O) groups excluding carboxylic acids is 4. The molecule has 136 valence electrons. The molecular weight excluding hydrogens is 328 g/mol. The number of ether oxygens (including phenoxy) is 1. The van der Waals surface area contributed by atoms with Crippen LogP contribution in [0.5, 0.6) is 0 Å². The van der Waals surface area contributed by atoms with Gasteiger partial charge < -0.3 is 30.3 Å². The molecule has 0 aliphatic carbocycles. The Morgan fingerprint density at radius 1 is 0.875 bits per heavy atom. The number of rotatable bonds is 5. The Morgan fingerprint density at radius 3 is 1.75 bits per heavy atom. The standard InChI is InChI=1S/C14H20O10/c1-6(16)11(20)10(5-15)24-14(23,9(4)19)13(22,8(3)18)12(11,21)7(2)17/h10,15,20-23H,5H2,1-4H3/t10-,11-,12+,13+,14?/m1/s1/i1D,2D,3D,4D. The van der Waals surface area contributed by atoms with E-state index in [1.807, 2.05) is 0 Å². The molecule has 1 heterocycles. The van der Waals surface area contributed by atoms with Crippen LogP contribution >= 0.6 is 0 Å². The Kier molecular flexibility index (Phi) is 3.54. The number of Topliss-reactive ketones (excluding diaryl/α,β-unsaturated/α-hetero) is 4. The lowest BCUT2D eigenvalue weighted by molar-refractivity contribution is -0.390. The second-order valence-electron chi connectivity index (χ2n) is 5.31. The van der Waals surface area contributed by atoms with E-state index in [4.69, 9.17) is 10.2 Å². The highest BCUT2D eigenvalue weighted by molar-refractivity contribution is 6.08. The van der Waals surface area contributed by atoms with Gasteiger partial charge in [-0.25, -0.2) is 0 Å². The van der Waals surface area contributed by atoms with Gasteiger partial charge in [-0.3, -0.25) is 19.2 Å². The quantitative estimate of drug-likeness (QED) is 0.335. The maximum atomic E-state index is 12.4. The van der Waals surface area contributed by atoms with Crippen LogP contribution in [0, 0.1) is 0 Å². The lowest BCUT2D eigenvalue weighted by atomic mass is 9.57. The number of aliphatic hydroxyl groups excluding tert-OH is 1. The molecule has 1 rings (SSSR count). The van der Waals surface area contributed by atoms with Crippen molar-refractivity contribution in [1.29, 1.82) is 0 Å². The van der Waals surface area contributed by atoms with Crippen LogP contribution in [-0.2, 0) is 23.9 Å². The second-order valence-corrected chi connectivity index (χ2v) is 5.31. The van der Waals surface area contributed by atoms with Crippen LogP contribution in [0.25, 0.3) is 0 Å². The Labute approximate surface area is 142 Å². The largest absolute Gasteiger partial charge is 0.394 e. The fourth-order valence-corrected chi connectivity index (χ4v) is 2.75. The average Bonchev–Trinajstić information content (AvgIpc) is 2.71. The minimum Gasteiger partial charge on any atom is -0.394 e.